The van der Waals surface area contributed by atoms with Crippen molar-refractivity contribution in [1.82, 2.24) is 15.0 Å². The van der Waals surface area contributed by atoms with E-state index in [1.807, 2.05) is 50.5 Å². The molecule has 0 amide bonds. The molecule has 4 nitrogen and oxygen atoms in total. The van der Waals surface area contributed by atoms with Crippen LogP contribution in [0.2, 0.25) is 0 Å². The van der Waals surface area contributed by atoms with Crippen LogP contribution in [0.4, 0.5) is 0 Å². The molecule has 0 saturated heterocycles. The summed E-state index contributed by atoms with van der Waals surface area (Å²) in [6.07, 6.45) is 3.85. The zero-order valence-electron chi connectivity index (χ0n) is 33.4. The van der Waals surface area contributed by atoms with Crippen LogP contribution in [-0.2, 0) is 20.1 Å². The number of hydrogen-bond donors (Lipinski definition) is 0. The molecule has 285 valence electrons. The Morgan fingerprint density at radius 3 is 2.07 bits per heavy atom. The van der Waals surface area contributed by atoms with Gasteiger partial charge >= 0.3 is 0 Å². The number of pyridine rings is 3. The summed E-state index contributed by atoms with van der Waals surface area (Å²) in [5.41, 5.74) is 18.1. The second-order valence-electron chi connectivity index (χ2n) is 15.1. The predicted octanol–water partition coefficient (Wildman–Crippen LogP) is 13.9. The summed E-state index contributed by atoms with van der Waals surface area (Å²) in [4.78, 5) is 14.1. The van der Waals surface area contributed by atoms with Crippen LogP contribution in [0.3, 0.4) is 0 Å². The van der Waals surface area contributed by atoms with E-state index in [1.165, 1.54) is 49.7 Å². The molecule has 4 heterocycles. The number of benzene rings is 6. The van der Waals surface area contributed by atoms with Crippen molar-refractivity contribution in [3.8, 4) is 44.8 Å². The molecule has 0 saturated carbocycles. The fourth-order valence-corrected chi connectivity index (χ4v) is 7.58. The summed E-state index contributed by atoms with van der Waals surface area (Å²) in [5, 5.41) is 5.62. The Balaban J connectivity index is 0.000000248. The normalized spacial score (nSPS) is 11.1. The van der Waals surface area contributed by atoms with E-state index in [4.69, 9.17) is 14.4 Å². The Labute approximate surface area is 353 Å². The van der Waals surface area contributed by atoms with Crippen molar-refractivity contribution in [2.75, 3.05) is 0 Å². The smallest absolute Gasteiger partial charge is 0.147 e. The van der Waals surface area contributed by atoms with Crippen LogP contribution in [0, 0.1) is 53.7 Å². The largest absolute Gasteiger partial charge is 0.498 e. The zero-order valence-corrected chi connectivity index (χ0v) is 35.8. The van der Waals surface area contributed by atoms with Gasteiger partial charge in [0.2, 0.25) is 0 Å². The molecular weight excluding hydrogens is 887 g/mol. The minimum atomic E-state index is 0. The molecule has 0 aliphatic rings. The molecule has 0 aliphatic heterocycles. The molecule has 10 aromatic rings. The fourth-order valence-electron chi connectivity index (χ4n) is 7.58. The maximum Gasteiger partial charge on any atom is 0.147 e. The Morgan fingerprint density at radius 1 is 0.517 bits per heavy atom. The van der Waals surface area contributed by atoms with Gasteiger partial charge in [-0.05, 0) is 107 Å². The van der Waals surface area contributed by atoms with E-state index in [0.717, 1.165) is 72.2 Å². The number of nitrogens with zero attached hydrogens (tertiary/aromatic N) is 3. The van der Waals surface area contributed by atoms with Crippen LogP contribution in [0.25, 0.3) is 88.4 Å². The first-order chi connectivity index (χ1) is 27.7. The summed E-state index contributed by atoms with van der Waals surface area (Å²) in [6, 6.07) is 51.4. The minimum Gasteiger partial charge on any atom is -0.498 e. The maximum atomic E-state index is 6.58. The molecular formula is C53H41IrN3O-2. The summed E-state index contributed by atoms with van der Waals surface area (Å²) in [6.45, 7) is 12.6. The van der Waals surface area contributed by atoms with Crippen LogP contribution < -0.4 is 0 Å². The summed E-state index contributed by atoms with van der Waals surface area (Å²) >= 11 is 0. The van der Waals surface area contributed by atoms with Crippen LogP contribution in [0.1, 0.15) is 33.5 Å². The van der Waals surface area contributed by atoms with Crippen molar-refractivity contribution in [3.05, 3.63) is 185 Å². The molecule has 6 aromatic carbocycles. The van der Waals surface area contributed by atoms with E-state index >= 15 is 0 Å². The van der Waals surface area contributed by atoms with Crippen LogP contribution in [0.5, 0.6) is 0 Å². The molecule has 4 aromatic heterocycles. The van der Waals surface area contributed by atoms with Gasteiger partial charge in [0.25, 0.3) is 0 Å². The molecule has 58 heavy (non-hydrogen) atoms. The van der Waals surface area contributed by atoms with E-state index in [0.29, 0.717) is 0 Å². The number of aromatic nitrogens is 3. The van der Waals surface area contributed by atoms with E-state index in [9.17, 15) is 0 Å². The first kappa shape index (κ1) is 38.6. The van der Waals surface area contributed by atoms with Crippen molar-refractivity contribution in [2.24, 2.45) is 0 Å². The SMILES string of the molecule is Cc1ccc(-c2[c-]cc(C)c(C)c2)nc1.Cc1ccc2ccc3c4cc[c-]c(-c5cc(-c6cc7ccc(-c8ccccc8)cc7cc6C)c(C)cn5)c4oc3c2n1.[Ir]. The van der Waals surface area contributed by atoms with Gasteiger partial charge in [-0.1, -0.05) is 110 Å². The molecule has 0 bridgehead atoms. The topological polar surface area (TPSA) is 51.8 Å². The third-order valence-electron chi connectivity index (χ3n) is 11.0. The minimum absolute atomic E-state index is 0. The Hall–Kier alpha value is -6.26. The molecule has 0 fully saturated rings. The second kappa shape index (κ2) is 15.9. The number of furan rings is 1. The quantitative estimate of drug-likeness (QED) is 0.165. The van der Waals surface area contributed by atoms with E-state index in [1.54, 1.807) is 0 Å². The number of hydrogen-bond acceptors (Lipinski definition) is 4. The Morgan fingerprint density at radius 2 is 1.28 bits per heavy atom. The molecule has 0 aliphatic carbocycles. The van der Waals surface area contributed by atoms with Crippen LogP contribution in [0.15, 0.2) is 144 Å². The molecule has 0 atom stereocenters. The third kappa shape index (κ3) is 7.36. The second-order valence-corrected chi connectivity index (χ2v) is 15.1. The van der Waals surface area contributed by atoms with Crippen molar-refractivity contribution < 1.29 is 24.5 Å². The number of fused-ring (bicyclic) bond motifs is 6. The molecule has 5 heteroatoms. The molecule has 0 N–H and O–H groups in total. The van der Waals surface area contributed by atoms with Crippen molar-refractivity contribution in [1.29, 1.82) is 0 Å². The van der Waals surface area contributed by atoms with Gasteiger partial charge in [0.15, 0.2) is 0 Å². The Kier molecular flexibility index (Phi) is 10.6. The number of rotatable bonds is 4. The Bertz CT molecular complexity index is 3130. The van der Waals surface area contributed by atoms with Crippen LogP contribution >= 0.6 is 0 Å². The van der Waals surface area contributed by atoms with Gasteiger partial charge in [0, 0.05) is 49.0 Å². The predicted molar refractivity (Wildman–Crippen MR) is 236 cm³/mol. The summed E-state index contributed by atoms with van der Waals surface area (Å²) in [7, 11) is 0. The van der Waals surface area contributed by atoms with Crippen molar-refractivity contribution in [3.63, 3.8) is 0 Å². The molecule has 0 unspecified atom stereocenters. The molecule has 10 rings (SSSR count). The fraction of sp³-hybridized carbons (Fsp3) is 0.113. The van der Waals surface area contributed by atoms with Gasteiger partial charge < -0.3 is 14.4 Å². The van der Waals surface area contributed by atoms with Crippen molar-refractivity contribution in [2.45, 2.75) is 41.5 Å². The first-order valence-corrected chi connectivity index (χ1v) is 19.3. The monoisotopic (exact) mass is 928 g/mol. The average molecular weight is 928 g/mol. The van der Waals surface area contributed by atoms with Crippen LogP contribution in [-0.4, -0.2) is 15.0 Å². The number of aryl methyl sites for hydroxylation is 6. The van der Waals surface area contributed by atoms with E-state index in [2.05, 4.69) is 148 Å². The molecule has 1 radical (unpaired) electrons. The average Bonchev–Trinajstić information content (AvgIpc) is 3.62. The van der Waals surface area contributed by atoms with Crippen molar-refractivity contribution >= 4 is 43.6 Å². The molecule has 0 spiro atoms. The van der Waals surface area contributed by atoms with Gasteiger partial charge in [-0.25, -0.2) is 4.98 Å². The summed E-state index contributed by atoms with van der Waals surface area (Å²) in [5.74, 6) is 0. The standard InChI is InChI=1S/C39H27N2O.C14H14N.Ir/c1-23-18-30-19-28(26-8-5-4-6-9-26)14-15-29(30)20-34(23)35-21-36(40-22-24(35)2)33-11-7-10-31-32-17-16-27-13-12-25(3)41-37(27)39(32)42-38(31)33;1-10-4-7-14(15-9-10)13-6-5-11(2)12(3)8-13;/h4-10,12-22H,1-3H3;4-5,7-9H,1-3H3;/q2*-1;. The van der Waals surface area contributed by atoms with Gasteiger partial charge in [0.1, 0.15) is 11.1 Å². The zero-order chi connectivity index (χ0) is 39.2. The maximum absolute atomic E-state index is 6.58. The third-order valence-corrected chi connectivity index (χ3v) is 11.0. The van der Waals surface area contributed by atoms with Gasteiger partial charge in [-0.3, -0.25) is 0 Å². The first-order valence-electron chi connectivity index (χ1n) is 19.3. The van der Waals surface area contributed by atoms with Gasteiger partial charge in [0.05, 0.1) is 5.58 Å². The van der Waals surface area contributed by atoms with Gasteiger partial charge in [-0.2, -0.15) is 0 Å². The van der Waals surface area contributed by atoms with Gasteiger partial charge in [-0.15, -0.1) is 53.1 Å². The van der Waals surface area contributed by atoms with E-state index in [-0.39, 0.29) is 20.1 Å². The summed E-state index contributed by atoms with van der Waals surface area (Å²) < 4.78 is 6.58. The van der Waals surface area contributed by atoms with E-state index < -0.39 is 0 Å².